The van der Waals surface area contributed by atoms with Crippen LogP contribution in [0.4, 0.5) is 5.69 Å². The van der Waals surface area contributed by atoms with Gasteiger partial charge >= 0.3 is 0 Å². The summed E-state index contributed by atoms with van der Waals surface area (Å²) in [6, 6.07) is 5.22. The van der Waals surface area contributed by atoms with E-state index in [2.05, 4.69) is 10.3 Å². The first-order valence-electron chi connectivity index (χ1n) is 8.28. The predicted molar refractivity (Wildman–Crippen MR) is 99.4 cm³/mol. The average molecular weight is 371 g/mol. The minimum Gasteiger partial charge on any atom is -0.454 e. The highest BCUT2D eigenvalue weighted by Crippen LogP contribution is 2.35. The Bertz CT molecular complexity index is 1070. The van der Waals surface area contributed by atoms with Crippen LogP contribution in [0.3, 0.4) is 0 Å². The van der Waals surface area contributed by atoms with E-state index in [9.17, 15) is 9.59 Å². The molecule has 0 aliphatic carbocycles. The van der Waals surface area contributed by atoms with E-state index in [-0.39, 0.29) is 18.3 Å². The molecule has 1 aromatic carbocycles. The van der Waals surface area contributed by atoms with Gasteiger partial charge in [0.15, 0.2) is 11.5 Å². The molecule has 0 unspecified atom stereocenters. The van der Waals surface area contributed by atoms with Gasteiger partial charge in [0, 0.05) is 18.3 Å². The van der Waals surface area contributed by atoms with Crippen molar-refractivity contribution in [3.8, 4) is 11.5 Å². The van der Waals surface area contributed by atoms with Gasteiger partial charge in [-0.05, 0) is 31.0 Å². The third-order valence-electron chi connectivity index (χ3n) is 4.22. The number of benzene rings is 1. The Morgan fingerprint density at radius 2 is 2.15 bits per heavy atom. The third-order valence-corrected chi connectivity index (χ3v) is 5.42. The summed E-state index contributed by atoms with van der Waals surface area (Å²) < 4.78 is 12.2. The molecule has 0 radical (unpaired) electrons. The molecule has 1 N–H and O–H groups in total. The molecule has 0 saturated heterocycles. The van der Waals surface area contributed by atoms with E-state index in [1.165, 1.54) is 11.3 Å². The standard InChI is InChI=1S/C18H17N3O4S/c1-3-6-21-8-19-17-14(18(21)23)10(2)15(26-17)16(22)20-11-4-5-12-13(7-11)25-9-24-12/h4-5,7-8H,3,6,9H2,1-2H3,(H,20,22). The number of carbonyl (C=O) groups is 1. The Balaban J connectivity index is 1.68. The number of hydrogen-bond acceptors (Lipinski definition) is 6. The topological polar surface area (TPSA) is 82.5 Å². The average Bonchev–Trinajstić information content (AvgIpc) is 3.22. The maximum absolute atomic E-state index is 12.7. The molecule has 3 heterocycles. The van der Waals surface area contributed by atoms with Crippen LogP contribution in [0.15, 0.2) is 29.3 Å². The molecule has 0 saturated carbocycles. The minimum absolute atomic E-state index is 0.104. The van der Waals surface area contributed by atoms with Crippen LogP contribution in [0.2, 0.25) is 0 Å². The van der Waals surface area contributed by atoms with Gasteiger partial charge in [-0.15, -0.1) is 11.3 Å². The number of nitrogens with zero attached hydrogens (tertiary/aromatic N) is 2. The van der Waals surface area contributed by atoms with Crippen molar-refractivity contribution in [2.24, 2.45) is 0 Å². The van der Waals surface area contributed by atoms with E-state index in [0.29, 0.717) is 44.4 Å². The number of hydrogen-bond donors (Lipinski definition) is 1. The number of aromatic nitrogens is 2. The number of ether oxygens (including phenoxy) is 2. The molecule has 2 aromatic heterocycles. The van der Waals surface area contributed by atoms with Crippen LogP contribution in [-0.4, -0.2) is 22.3 Å². The van der Waals surface area contributed by atoms with E-state index in [1.807, 2.05) is 6.92 Å². The summed E-state index contributed by atoms with van der Waals surface area (Å²) in [7, 11) is 0. The number of rotatable bonds is 4. The van der Waals surface area contributed by atoms with Crippen molar-refractivity contribution in [1.29, 1.82) is 0 Å². The van der Waals surface area contributed by atoms with Crippen molar-refractivity contribution in [2.45, 2.75) is 26.8 Å². The van der Waals surface area contributed by atoms with Gasteiger partial charge in [-0.25, -0.2) is 4.98 Å². The zero-order chi connectivity index (χ0) is 18.3. The van der Waals surface area contributed by atoms with Crippen LogP contribution in [0, 0.1) is 6.92 Å². The smallest absolute Gasteiger partial charge is 0.266 e. The lowest BCUT2D eigenvalue weighted by Gasteiger charge is -2.05. The molecular formula is C18H17N3O4S. The zero-order valence-electron chi connectivity index (χ0n) is 14.4. The molecule has 0 spiro atoms. The van der Waals surface area contributed by atoms with Gasteiger partial charge in [0.2, 0.25) is 6.79 Å². The lowest BCUT2D eigenvalue weighted by Crippen LogP contribution is -2.20. The number of nitrogens with one attached hydrogen (secondary N) is 1. The minimum atomic E-state index is -0.272. The number of carbonyl (C=O) groups excluding carboxylic acids is 1. The van der Waals surface area contributed by atoms with Crippen LogP contribution < -0.4 is 20.3 Å². The van der Waals surface area contributed by atoms with Crippen LogP contribution in [0.25, 0.3) is 10.2 Å². The van der Waals surface area contributed by atoms with Gasteiger partial charge in [0.1, 0.15) is 4.83 Å². The summed E-state index contributed by atoms with van der Waals surface area (Å²) in [5, 5.41) is 3.36. The highest BCUT2D eigenvalue weighted by atomic mass is 32.1. The molecule has 7 nitrogen and oxygen atoms in total. The Kier molecular flexibility index (Phi) is 4.12. The summed E-state index contributed by atoms with van der Waals surface area (Å²) in [6.45, 7) is 4.57. The van der Waals surface area contributed by atoms with Crippen LogP contribution >= 0.6 is 11.3 Å². The van der Waals surface area contributed by atoms with Gasteiger partial charge in [0.25, 0.3) is 11.5 Å². The molecule has 134 valence electrons. The summed E-state index contributed by atoms with van der Waals surface area (Å²) in [5.41, 5.74) is 1.16. The first-order chi connectivity index (χ1) is 12.6. The maximum atomic E-state index is 12.7. The summed E-state index contributed by atoms with van der Waals surface area (Å²) in [6.07, 6.45) is 2.39. The van der Waals surface area contributed by atoms with Gasteiger partial charge in [0.05, 0.1) is 16.6 Å². The van der Waals surface area contributed by atoms with E-state index in [4.69, 9.17) is 9.47 Å². The molecular weight excluding hydrogens is 354 g/mol. The van der Waals surface area contributed by atoms with Crippen molar-refractivity contribution in [2.75, 3.05) is 12.1 Å². The van der Waals surface area contributed by atoms with Gasteiger partial charge < -0.3 is 14.8 Å². The van der Waals surface area contributed by atoms with E-state index < -0.39 is 0 Å². The molecule has 26 heavy (non-hydrogen) atoms. The normalized spacial score (nSPS) is 12.5. The number of aryl methyl sites for hydroxylation is 2. The van der Waals surface area contributed by atoms with Crippen LogP contribution in [0.5, 0.6) is 11.5 Å². The van der Waals surface area contributed by atoms with Gasteiger partial charge in [-0.1, -0.05) is 6.92 Å². The van der Waals surface area contributed by atoms with Crippen molar-refractivity contribution in [1.82, 2.24) is 9.55 Å². The van der Waals surface area contributed by atoms with Gasteiger partial charge in [-0.3, -0.25) is 14.2 Å². The Hall–Kier alpha value is -2.87. The largest absolute Gasteiger partial charge is 0.454 e. The molecule has 8 heteroatoms. The Morgan fingerprint density at radius 3 is 2.96 bits per heavy atom. The monoisotopic (exact) mass is 371 g/mol. The van der Waals surface area contributed by atoms with E-state index >= 15 is 0 Å². The summed E-state index contributed by atoms with van der Waals surface area (Å²) in [5.74, 6) is 0.979. The first kappa shape index (κ1) is 16.6. The lowest BCUT2D eigenvalue weighted by atomic mass is 10.2. The highest BCUT2D eigenvalue weighted by Gasteiger charge is 2.20. The molecule has 1 amide bonds. The zero-order valence-corrected chi connectivity index (χ0v) is 15.2. The SMILES string of the molecule is CCCn1cnc2sc(C(=O)Nc3ccc4c(c3)OCO4)c(C)c2c1=O. The molecule has 0 atom stereocenters. The fraction of sp³-hybridized carbons (Fsp3) is 0.278. The second-order valence-electron chi connectivity index (χ2n) is 6.00. The molecule has 1 aliphatic rings. The summed E-state index contributed by atoms with van der Waals surface area (Å²) in [4.78, 5) is 30.8. The first-order valence-corrected chi connectivity index (χ1v) is 9.09. The number of thiophene rings is 1. The van der Waals surface area contributed by atoms with E-state index in [1.54, 1.807) is 36.0 Å². The summed E-state index contributed by atoms with van der Waals surface area (Å²) >= 11 is 1.23. The van der Waals surface area contributed by atoms with Crippen molar-refractivity contribution < 1.29 is 14.3 Å². The number of amides is 1. The molecule has 4 rings (SSSR count). The van der Waals surface area contributed by atoms with Crippen molar-refractivity contribution >= 4 is 33.1 Å². The number of fused-ring (bicyclic) bond motifs is 2. The quantitative estimate of drug-likeness (QED) is 0.762. The molecule has 1 aliphatic heterocycles. The number of anilines is 1. The molecule has 0 bridgehead atoms. The highest BCUT2D eigenvalue weighted by molar-refractivity contribution is 7.20. The van der Waals surface area contributed by atoms with Crippen molar-refractivity contribution in [3.05, 3.63) is 45.3 Å². The van der Waals surface area contributed by atoms with Gasteiger partial charge in [-0.2, -0.15) is 0 Å². The van der Waals surface area contributed by atoms with Crippen LogP contribution in [0.1, 0.15) is 28.6 Å². The van der Waals surface area contributed by atoms with E-state index in [0.717, 1.165) is 6.42 Å². The Labute approximate surface area is 153 Å². The second-order valence-corrected chi connectivity index (χ2v) is 7.00. The fourth-order valence-corrected chi connectivity index (χ4v) is 3.97. The van der Waals surface area contributed by atoms with Crippen molar-refractivity contribution in [3.63, 3.8) is 0 Å². The van der Waals surface area contributed by atoms with Crippen LogP contribution in [-0.2, 0) is 6.54 Å². The lowest BCUT2D eigenvalue weighted by molar-refractivity contribution is 0.103. The molecule has 0 fully saturated rings. The predicted octanol–water partition coefficient (Wildman–Crippen LogP) is 3.16. The molecule has 3 aromatic rings. The fourth-order valence-electron chi connectivity index (χ4n) is 2.94. The Morgan fingerprint density at radius 1 is 1.35 bits per heavy atom. The maximum Gasteiger partial charge on any atom is 0.266 e. The second kappa shape index (κ2) is 6.45. The third kappa shape index (κ3) is 2.72.